The quantitative estimate of drug-likeness (QED) is 0.557. The molecule has 2 aromatic rings. The van der Waals surface area contributed by atoms with E-state index in [9.17, 15) is 10.1 Å². The lowest BCUT2D eigenvalue weighted by Gasteiger charge is -2.14. The number of rotatable bonds is 1. The van der Waals surface area contributed by atoms with Gasteiger partial charge in [0.15, 0.2) is 0 Å². The molecule has 1 aromatic heterocycles. The number of hydrogen-bond donors (Lipinski definition) is 0. The molecule has 0 atom stereocenters. The molecular formula is C12H9NO2S. The van der Waals surface area contributed by atoms with Crippen molar-refractivity contribution < 1.29 is 4.92 Å². The van der Waals surface area contributed by atoms with Crippen molar-refractivity contribution in [3.8, 4) is 10.4 Å². The van der Waals surface area contributed by atoms with E-state index in [1.54, 1.807) is 6.07 Å². The van der Waals surface area contributed by atoms with Crippen LogP contribution in [-0.2, 0) is 12.8 Å². The van der Waals surface area contributed by atoms with E-state index < -0.39 is 0 Å². The topological polar surface area (TPSA) is 43.1 Å². The minimum Gasteiger partial charge on any atom is -0.258 e. The molecule has 1 heterocycles. The van der Waals surface area contributed by atoms with E-state index in [0.29, 0.717) is 0 Å². The summed E-state index contributed by atoms with van der Waals surface area (Å²) in [5.41, 5.74) is 3.59. The summed E-state index contributed by atoms with van der Waals surface area (Å²) in [6.07, 6.45) is 1.90. The van der Waals surface area contributed by atoms with Crippen LogP contribution in [0, 0.1) is 10.1 Å². The Morgan fingerprint density at radius 3 is 2.75 bits per heavy atom. The molecule has 0 saturated heterocycles. The number of nitro groups is 1. The van der Waals surface area contributed by atoms with Crippen molar-refractivity contribution in [3.63, 3.8) is 0 Å². The first kappa shape index (κ1) is 9.54. The molecule has 0 amide bonds. The van der Waals surface area contributed by atoms with Crippen LogP contribution in [0.1, 0.15) is 11.1 Å². The predicted octanol–water partition coefficient (Wildman–Crippen LogP) is 3.42. The Kier molecular flexibility index (Phi) is 2.04. The Hall–Kier alpha value is -1.68. The summed E-state index contributed by atoms with van der Waals surface area (Å²) in [6.45, 7) is 0. The number of benzene rings is 1. The average Bonchev–Trinajstić information content (AvgIpc) is 2.73. The summed E-state index contributed by atoms with van der Waals surface area (Å²) in [5.74, 6) is 0. The van der Waals surface area contributed by atoms with Crippen molar-refractivity contribution in [1.82, 2.24) is 0 Å². The lowest BCUT2D eigenvalue weighted by Crippen LogP contribution is -2.00. The van der Waals surface area contributed by atoms with Gasteiger partial charge in [-0.3, -0.25) is 10.1 Å². The molecule has 80 valence electrons. The molecule has 0 aliphatic heterocycles. The van der Waals surface area contributed by atoms with Crippen LogP contribution in [0.15, 0.2) is 30.3 Å². The molecule has 0 unspecified atom stereocenters. The highest BCUT2D eigenvalue weighted by Crippen LogP contribution is 2.42. The van der Waals surface area contributed by atoms with Gasteiger partial charge in [0, 0.05) is 10.9 Å². The van der Waals surface area contributed by atoms with Gasteiger partial charge in [-0.2, -0.15) is 0 Å². The van der Waals surface area contributed by atoms with Crippen molar-refractivity contribution in [3.05, 3.63) is 51.6 Å². The molecule has 1 aromatic carbocycles. The second-order valence-electron chi connectivity index (χ2n) is 3.85. The van der Waals surface area contributed by atoms with Gasteiger partial charge in [-0.15, -0.1) is 0 Å². The van der Waals surface area contributed by atoms with Gasteiger partial charge in [0.2, 0.25) is 0 Å². The van der Waals surface area contributed by atoms with Crippen molar-refractivity contribution in [1.29, 1.82) is 0 Å². The van der Waals surface area contributed by atoms with E-state index in [1.807, 2.05) is 18.2 Å². The molecule has 1 aliphatic carbocycles. The number of thiophene rings is 1. The van der Waals surface area contributed by atoms with E-state index in [4.69, 9.17) is 0 Å². The minimum atomic E-state index is -0.300. The number of aryl methyl sites for hydroxylation is 2. The Morgan fingerprint density at radius 1 is 1.19 bits per heavy atom. The molecule has 3 rings (SSSR count). The predicted molar refractivity (Wildman–Crippen MR) is 63.8 cm³/mol. The first-order valence-corrected chi connectivity index (χ1v) is 5.93. The Morgan fingerprint density at radius 2 is 1.94 bits per heavy atom. The third kappa shape index (κ3) is 1.34. The van der Waals surface area contributed by atoms with Gasteiger partial charge >= 0.3 is 5.00 Å². The molecular weight excluding hydrogens is 222 g/mol. The molecule has 0 N–H and O–H groups in total. The molecule has 0 fully saturated rings. The van der Waals surface area contributed by atoms with Crippen molar-refractivity contribution in [2.24, 2.45) is 0 Å². The zero-order valence-electron chi connectivity index (χ0n) is 8.47. The summed E-state index contributed by atoms with van der Waals surface area (Å²) in [4.78, 5) is 11.5. The fourth-order valence-electron chi connectivity index (χ4n) is 2.15. The molecule has 0 spiro atoms. The first-order chi connectivity index (χ1) is 7.75. The second-order valence-corrected chi connectivity index (χ2v) is 4.88. The van der Waals surface area contributed by atoms with Gasteiger partial charge in [-0.1, -0.05) is 35.6 Å². The highest BCUT2D eigenvalue weighted by molar-refractivity contribution is 7.18. The van der Waals surface area contributed by atoms with Crippen LogP contribution in [0.4, 0.5) is 5.00 Å². The van der Waals surface area contributed by atoms with Gasteiger partial charge < -0.3 is 0 Å². The first-order valence-electron chi connectivity index (χ1n) is 5.11. The maximum Gasteiger partial charge on any atom is 0.324 e. The van der Waals surface area contributed by atoms with E-state index in [0.717, 1.165) is 23.3 Å². The largest absolute Gasteiger partial charge is 0.324 e. The standard InChI is InChI=1S/C12H9NO2S/c14-13(15)11-7-9-6-5-8-3-1-2-4-10(8)12(9)16-11/h1-4,7H,5-6H2. The second kappa shape index (κ2) is 3.42. The monoisotopic (exact) mass is 231 g/mol. The third-order valence-electron chi connectivity index (χ3n) is 2.90. The van der Waals surface area contributed by atoms with E-state index in [-0.39, 0.29) is 9.92 Å². The third-order valence-corrected chi connectivity index (χ3v) is 4.06. The molecule has 16 heavy (non-hydrogen) atoms. The summed E-state index contributed by atoms with van der Waals surface area (Å²) in [6, 6.07) is 9.87. The number of fused-ring (bicyclic) bond motifs is 3. The zero-order chi connectivity index (χ0) is 11.1. The molecule has 4 heteroatoms. The Bertz CT molecular complexity index is 574. The smallest absolute Gasteiger partial charge is 0.258 e. The lowest BCUT2D eigenvalue weighted by molar-refractivity contribution is -0.380. The summed E-state index contributed by atoms with van der Waals surface area (Å²) < 4.78 is 0. The van der Waals surface area contributed by atoms with Crippen LogP contribution in [0.3, 0.4) is 0 Å². The van der Waals surface area contributed by atoms with Crippen LogP contribution in [-0.4, -0.2) is 4.92 Å². The lowest BCUT2D eigenvalue weighted by atomic mass is 9.92. The minimum absolute atomic E-state index is 0.252. The highest BCUT2D eigenvalue weighted by atomic mass is 32.1. The molecule has 0 bridgehead atoms. The fraction of sp³-hybridized carbons (Fsp3) is 0.167. The van der Waals surface area contributed by atoms with Crippen molar-refractivity contribution in [2.45, 2.75) is 12.8 Å². The molecule has 1 aliphatic rings. The normalized spacial score (nSPS) is 13.0. The SMILES string of the molecule is O=[N+]([O-])c1cc2c(s1)-c1ccccc1CC2. The fourth-order valence-corrected chi connectivity index (χ4v) is 3.23. The average molecular weight is 231 g/mol. The van der Waals surface area contributed by atoms with Crippen molar-refractivity contribution >= 4 is 16.3 Å². The van der Waals surface area contributed by atoms with Crippen LogP contribution in [0.2, 0.25) is 0 Å². The van der Waals surface area contributed by atoms with E-state index in [2.05, 4.69) is 6.07 Å². The van der Waals surface area contributed by atoms with Gasteiger partial charge in [0.05, 0.1) is 4.92 Å². The summed E-state index contributed by atoms with van der Waals surface area (Å²) >= 11 is 1.29. The van der Waals surface area contributed by atoms with Gasteiger partial charge in [-0.05, 0) is 29.5 Å². The Balaban J connectivity index is 2.20. The van der Waals surface area contributed by atoms with Gasteiger partial charge in [0.1, 0.15) is 0 Å². The van der Waals surface area contributed by atoms with E-state index >= 15 is 0 Å². The van der Waals surface area contributed by atoms with Crippen LogP contribution in [0.5, 0.6) is 0 Å². The van der Waals surface area contributed by atoms with Crippen molar-refractivity contribution in [2.75, 3.05) is 0 Å². The Labute approximate surface area is 96.5 Å². The number of hydrogen-bond acceptors (Lipinski definition) is 3. The van der Waals surface area contributed by atoms with Crippen LogP contribution < -0.4 is 0 Å². The van der Waals surface area contributed by atoms with Gasteiger partial charge in [-0.25, -0.2) is 0 Å². The van der Waals surface area contributed by atoms with Crippen LogP contribution >= 0.6 is 11.3 Å². The van der Waals surface area contributed by atoms with E-state index in [1.165, 1.54) is 22.5 Å². The van der Waals surface area contributed by atoms with Gasteiger partial charge in [0.25, 0.3) is 0 Å². The molecule has 3 nitrogen and oxygen atoms in total. The maximum absolute atomic E-state index is 10.7. The highest BCUT2D eigenvalue weighted by Gasteiger charge is 2.22. The number of nitrogens with zero attached hydrogens (tertiary/aromatic N) is 1. The summed E-state index contributed by atoms with van der Waals surface area (Å²) in [7, 11) is 0. The summed E-state index contributed by atoms with van der Waals surface area (Å²) in [5, 5.41) is 11.0. The molecule has 0 saturated carbocycles. The zero-order valence-corrected chi connectivity index (χ0v) is 9.29. The maximum atomic E-state index is 10.7. The molecule has 0 radical (unpaired) electrons. The van der Waals surface area contributed by atoms with Crippen LogP contribution in [0.25, 0.3) is 10.4 Å².